The fourth-order valence-electron chi connectivity index (χ4n) is 3.69. The van der Waals surface area contributed by atoms with Crippen LogP contribution in [0.15, 0.2) is 53.5 Å². The third kappa shape index (κ3) is 3.55. The topological polar surface area (TPSA) is 83.2 Å². The van der Waals surface area contributed by atoms with Gasteiger partial charge in [-0.15, -0.1) is 0 Å². The van der Waals surface area contributed by atoms with E-state index in [1.54, 1.807) is 17.9 Å². The largest absolute Gasteiger partial charge is 0.496 e. The number of imidazole rings is 1. The van der Waals surface area contributed by atoms with Gasteiger partial charge in [0, 0.05) is 17.7 Å². The van der Waals surface area contributed by atoms with Crippen LogP contribution in [0.2, 0.25) is 0 Å². The number of aromatic nitrogens is 4. The van der Waals surface area contributed by atoms with Gasteiger partial charge in [-0.1, -0.05) is 18.2 Å². The monoisotopic (exact) mass is 435 g/mol. The van der Waals surface area contributed by atoms with Gasteiger partial charge in [-0.25, -0.2) is 18.7 Å². The van der Waals surface area contributed by atoms with Gasteiger partial charge in [0.1, 0.15) is 11.3 Å². The summed E-state index contributed by atoms with van der Waals surface area (Å²) in [7, 11) is 2.98. The molecular formula is C23H22FN5O3. The van der Waals surface area contributed by atoms with Gasteiger partial charge in [0.25, 0.3) is 0 Å². The predicted octanol–water partition coefficient (Wildman–Crippen LogP) is 3.36. The normalized spacial score (nSPS) is 13.3. The number of methoxy groups -OCH3 is 2. The molecule has 0 saturated heterocycles. The molecule has 0 aliphatic heterocycles. The fraction of sp³-hybridized carbons (Fsp3) is 0.261. The lowest BCUT2D eigenvalue weighted by atomic mass is 10.2. The van der Waals surface area contributed by atoms with E-state index < -0.39 is 5.82 Å². The number of nitrogens with one attached hydrogen (secondary N) is 1. The molecule has 0 unspecified atom stereocenters. The molecule has 0 atom stereocenters. The maximum Gasteiger partial charge on any atom is 0.335 e. The molecule has 1 aliphatic rings. The Morgan fingerprint density at radius 2 is 1.91 bits per heavy atom. The van der Waals surface area contributed by atoms with Crippen molar-refractivity contribution in [1.29, 1.82) is 0 Å². The Hall–Kier alpha value is -3.88. The molecule has 32 heavy (non-hydrogen) atoms. The van der Waals surface area contributed by atoms with E-state index in [9.17, 15) is 9.18 Å². The van der Waals surface area contributed by atoms with Crippen LogP contribution in [0.3, 0.4) is 0 Å². The van der Waals surface area contributed by atoms with E-state index in [1.165, 1.54) is 29.9 Å². The highest BCUT2D eigenvalue weighted by Gasteiger charge is 2.24. The number of benzene rings is 2. The first-order chi connectivity index (χ1) is 15.6. The number of ether oxygens (including phenoxy) is 2. The second-order valence-electron chi connectivity index (χ2n) is 7.66. The molecular weight excluding hydrogens is 413 g/mol. The highest BCUT2D eigenvalue weighted by molar-refractivity contribution is 5.74. The van der Waals surface area contributed by atoms with Crippen molar-refractivity contribution in [3.05, 3.63) is 70.5 Å². The van der Waals surface area contributed by atoms with Gasteiger partial charge in [-0.3, -0.25) is 4.57 Å². The average Bonchev–Trinajstić information content (AvgIpc) is 3.58. The Kier molecular flexibility index (Phi) is 5.01. The average molecular weight is 435 g/mol. The molecule has 0 spiro atoms. The second-order valence-corrected chi connectivity index (χ2v) is 7.66. The van der Waals surface area contributed by atoms with E-state index in [1.807, 2.05) is 24.3 Å². The minimum Gasteiger partial charge on any atom is -0.496 e. The third-order valence-electron chi connectivity index (χ3n) is 5.50. The summed E-state index contributed by atoms with van der Waals surface area (Å²) < 4.78 is 27.6. The molecule has 164 valence electrons. The molecule has 1 aliphatic carbocycles. The summed E-state index contributed by atoms with van der Waals surface area (Å²) in [6.45, 7) is 0.267. The van der Waals surface area contributed by atoms with Gasteiger partial charge >= 0.3 is 5.69 Å². The number of rotatable bonds is 7. The maximum absolute atomic E-state index is 14.0. The van der Waals surface area contributed by atoms with Gasteiger partial charge in [-0.05, 0) is 31.0 Å². The zero-order valence-corrected chi connectivity index (χ0v) is 17.7. The van der Waals surface area contributed by atoms with Crippen molar-refractivity contribution in [2.24, 2.45) is 0 Å². The molecule has 8 nitrogen and oxygen atoms in total. The Morgan fingerprint density at radius 3 is 2.66 bits per heavy atom. The molecule has 1 fully saturated rings. The summed E-state index contributed by atoms with van der Waals surface area (Å²) in [5, 5.41) is 3.26. The van der Waals surface area contributed by atoms with Crippen molar-refractivity contribution >= 4 is 17.1 Å². The molecule has 0 radical (unpaired) electrons. The molecule has 0 bridgehead atoms. The standard InChI is InChI=1S/C23H22FN5O3/c1-31-19-6-4-3-5-14(19)13-28-18-12-25-22(26-15-7-8-15)27-21(18)29(23(28)30)16-9-10-17(24)20(11-16)32-2/h3-6,9-12,15H,7-8,13H2,1-2H3,(H,25,26,27). The molecule has 2 heterocycles. The first-order valence-corrected chi connectivity index (χ1v) is 10.3. The molecule has 5 rings (SSSR count). The predicted molar refractivity (Wildman–Crippen MR) is 118 cm³/mol. The van der Waals surface area contributed by atoms with Crippen LogP contribution in [-0.4, -0.2) is 39.4 Å². The SMILES string of the molecule is COc1cc(-n2c(=O)n(Cc3ccccc3OC)c3cnc(NC4CC4)nc32)ccc1F. The number of hydrogen-bond donors (Lipinski definition) is 1. The van der Waals surface area contributed by atoms with Crippen LogP contribution in [0.4, 0.5) is 10.3 Å². The Bertz CT molecular complexity index is 1360. The van der Waals surface area contributed by atoms with Crippen LogP contribution in [0.5, 0.6) is 11.5 Å². The Morgan fingerprint density at radius 1 is 1.12 bits per heavy atom. The summed E-state index contributed by atoms with van der Waals surface area (Å²) in [4.78, 5) is 22.6. The molecule has 2 aromatic carbocycles. The van der Waals surface area contributed by atoms with E-state index in [-0.39, 0.29) is 18.0 Å². The first kappa shape index (κ1) is 20.0. The Balaban J connectivity index is 1.70. The van der Waals surface area contributed by atoms with Gasteiger partial charge in [0.05, 0.1) is 32.6 Å². The summed E-state index contributed by atoms with van der Waals surface area (Å²) in [5.74, 6) is 0.673. The molecule has 4 aromatic rings. The van der Waals surface area contributed by atoms with E-state index in [2.05, 4.69) is 15.3 Å². The highest BCUT2D eigenvalue weighted by atomic mass is 19.1. The van der Waals surface area contributed by atoms with Gasteiger partial charge in [0.15, 0.2) is 17.2 Å². The molecule has 1 saturated carbocycles. The number of hydrogen-bond acceptors (Lipinski definition) is 6. The van der Waals surface area contributed by atoms with Gasteiger partial charge in [-0.2, -0.15) is 4.98 Å². The minimum atomic E-state index is -0.507. The van der Waals surface area contributed by atoms with Crippen LogP contribution in [0, 0.1) is 5.82 Å². The number of halogens is 1. The van der Waals surface area contributed by atoms with Gasteiger partial charge in [0.2, 0.25) is 5.95 Å². The lowest BCUT2D eigenvalue weighted by molar-refractivity contribution is 0.386. The highest BCUT2D eigenvalue weighted by Crippen LogP contribution is 2.27. The lowest BCUT2D eigenvalue weighted by Crippen LogP contribution is -2.24. The molecule has 1 N–H and O–H groups in total. The van der Waals surface area contributed by atoms with Crippen LogP contribution >= 0.6 is 0 Å². The van der Waals surface area contributed by atoms with E-state index in [0.717, 1.165) is 18.4 Å². The number of para-hydroxylation sites is 1. The van der Waals surface area contributed by atoms with E-state index in [4.69, 9.17) is 9.47 Å². The van der Waals surface area contributed by atoms with E-state index >= 15 is 0 Å². The van der Waals surface area contributed by atoms with Crippen molar-refractivity contribution < 1.29 is 13.9 Å². The molecule has 2 aromatic heterocycles. The Labute approximate surface area is 183 Å². The zero-order chi connectivity index (χ0) is 22.2. The van der Waals surface area contributed by atoms with Crippen LogP contribution in [0.25, 0.3) is 16.9 Å². The van der Waals surface area contributed by atoms with Crippen molar-refractivity contribution in [2.75, 3.05) is 19.5 Å². The van der Waals surface area contributed by atoms with Crippen LogP contribution < -0.4 is 20.5 Å². The smallest absolute Gasteiger partial charge is 0.335 e. The summed E-state index contributed by atoms with van der Waals surface area (Å²) in [5.41, 5.74) is 1.96. The molecule has 0 amide bonds. The third-order valence-corrected chi connectivity index (χ3v) is 5.50. The van der Waals surface area contributed by atoms with E-state index in [0.29, 0.717) is 34.6 Å². The minimum absolute atomic E-state index is 0.0467. The number of nitrogens with zero attached hydrogens (tertiary/aromatic N) is 4. The zero-order valence-electron chi connectivity index (χ0n) is 17.7. The maximum atomic E-state index is 14.0. The van der Waals surface area contributed by atoms with Crippen LogP contribution in [-0.2, 0) is 6.54 Å². The molecule has 9 heteroatoms. The summed E-state index contributed by atoms with van der Waals surface area (Å²) in [6, 6.07) is 12.2. The fourth-order valence-corrected chi connectivity index (χ4v) is 3.69. The number of fused-ring (bicyclic) bond motifs is 1. The quantitative estimate of drug-likeness (QED) is 0.479. The second kappa shape index (κ2) is 7.99. The summed E-state index contributed by atoms with van der Waals surface area (Å²) in [6.07, 6.45) is 3.78. The number of anilines is 1. The van der Waals surface area contributed by atoms with Gasteiger partial charge < -0.3 is 14.8 Å². The van der Waals surface area contributed by atoms with Crippen molar-refractivity contribution in [3.63, 3.8) is 0 Å². The van der Waals surface area contributed by atoms with Crippen molar-refractivity contribution in [2.45, 2.75) is 25.4 Å². The first-order valence-electron chi connectivity index (χ1n) is 10.3. The summed E-state index contributed by atoms with van der Waals surface area (Å²) >= 11 is 0. The van der Waals surface area contributed by atoms with Crippen LogP contribution in [0.1, 0.15) is 18.4 Å². The van der Waals surface area contributed by atoms with Crippen molar-refractivity contribution in [1.82, 2.24) is 19.1 Å². The van der Waals surface area contributed by atoms with Crippen molar-refractivity contribution in [3.8, 4) is 17.2 Å². The lowest BCUT2D eigenvalue weighted by Gasteiger charge is -2.09.